The van der Waals surface area contributed by atoms with Crippen molar-refractivity contribution in [2.45, 2.75) is 51.0 Å². The lowest BCUT2D eigenvalue weighted by atomic mass is 9.98. The first kappa shape index (κ1) is 17.3. The molecule has 24 heavy (non-hydrogen) atoms. The van der Waals surface area contributed by atoms with Gasteiger partial charge in [0.25, 0.3) is 0 Å². The number of likely N-dealkylation sites (tertiary alicyclic amines) is 1. The average molecular weight is 330 g/mol. The number of hydrogen-bond donors (Lipinski definition) is 1. The van der Waals surface area contributed by atoms with E-state index in [9.17, 15) is 4.79 Å². The van der Waals surface area contributed by atoms with E-state index in [1.807, 2.05) is 12.1 Å². The largest absolute Gasteiger partial charge is 0.497 e. The van der Waals surface area contributed by atoms with E-state index in [0.29, 0.717) is 18.2 Å². The van der Waals surface area contributed by atoms with Crippen molar-refractivity contribution in [3.8, 4) is 5.75 Å². The van der Waals surface area contributed by atoms with Crippen LogP contribution < -0.4 is 10.1 Å². The SMILES string of the molecule is COc1ccc(C2CCCCCN2C(=O)CCC2CCNC2)cc1. The van der Waals surface area contributed by atoms with E-state index in [2.05, 4.69) is 22.3 Å². The van der Waals surface area contributed by atoms with Gasteiger partial charge in [-0.15, -0.1) is 0 Å². The Morgan fingerprint density at radius 2 is 2.04 bits per heavy atom. The predicted octanol–water partition coefficient (Wildman–Crippen LogP) is 3.53. The number of hydrogen-bond acceptors (Lipinski definition) is 3. The van der Waals surface area contributed by atoms with Crippen molar-refractivity contribution in [1.29, 1.82) is 0 Å². The molecule has 3 rings (SSSR count). The molecule has 132 valence electrons. The van der Waals surface area contributed by atoms with Crippen LogP contribution in [0.4, 0.5) is 0 Å². The molecular weight excluding hydrogens is 300 g/mol. The fourth-order valence-corrected chi connectivity index (χ4v) is 4.01. The molecule has 2 aliphatic rings. The zero-order valence-corrected chi connectivity index (χ0v) is 14.8. The molecule has 0 radical (unpaired) electrons. The Kier molecular flexibility index (Phi) is 6.13. The van der Waals surface area contributed by atoms with E-state index in [1.165, 1.54) is 24.8 Å². The Morgan fingerprint density at radius 3 is 2.75 bits per heavy atom. The van der Waals surface area contributed by atoms with Gasteiger partial charge in [-0.3, -0.25) is 4.79 Å². The van der Waals surface area contributed by atoms with Gasteiger partial charge in [0.2, 0.25) is 5.91 Å². The second kappa shape index (κ2) is 8.52. The fourth-order valence-electron chi connectivity index (χ4n) is 4.01. The minimum atomic E-state index is 0.229. The Balaban J connectivity index is 1.67. The lowest BCUT2D eigenvalue weighted by Gasteiger charge is -2.31. The van der Waals surface area contributed by atoms with Crippen LogP contribution in [0.2, 0.25) is 0 Å². The number of ether oxygens (including phenoxy) is 1. The van der Waals surface area contributed by atoms with Crippen molar-refractivity contribution >= 4 is 5.91 Å². The van der Waals surface area contributed by atoms with Gasteiger partial charge in [0, 0.05) is 13.0 Å². The Hall–Kier alpha value is -1.55. The van der Waals surface area contributed by atoms with Gasteiger partial charge in [0.05, 0.1) is 13.2 Å². The summed E-state index contributed by atoms with van der Waals surface area (Å²) in [4.78, 5) is 15.0. The monoisotopic (exact) mass is 330 g/mol. The van der Waals surface area contributed by atoms with Gasteiger partial charge in [0.15, 0.2) is 0 Å². The van der Waals surface area contributed by atoms with E-state index >= 15 is 0 Å². The van der Waals surface area contributed by atoms with Crippen LogP contribution in [0.15, 0.2) is 24.3 Å². The van der Waals surface area contributed by atoms with E-state index < -0.39 is 0 Å². The fraction of sp³-hybridized carbons (Fsp3) is 0.650. The Labute approximate surface area is 145 Å². The Bertz CT molecular complexity index is 523. The third kappa shape index (κ3) is 4.29. The molecule has 1 aromatic rings. The van der Waals surface area contributed by atoms with Crippen molar-refractivity contribution < 1.29 is 9.53 Å². The van der Waals surface area contributed by atoms with Crippen molar-refractivity contribution in [3.63, 3.8) is 0 Å². The molecule has 0 aliphatic carbocycles. The second-order valence-electron chi connectivity index (χ2n) is 7.12. The van der Waals surface area contributed by atoms with Crippen molar-refractivity contribution in [2.75, 3.05) is 26.7 Å². The molecule has 2 fully saturated rings. The standard InChI is InChI=1S/C20H30N2O2/c1-24-18-9-7-17(8-10-18)19-5-3-2-4-14-22(19)20(23)11-6-16-12-13-21-15-16/h7-10,16,19,21H,2-6,11-15H2,1H3. The van der Waals surface area contributed by atoms with Crippen LogP contribution in [0.25, 0.3) is 0 Å². The quantitative estimate of drug-likeness (QED) is 0.898. The first-order valence-corrected chi connectivity index (χ1v) is 9.42. The van der Waals surface area contributed by atoms with E-state index in [4.69, 9.17) is 4.74 Å². The van der Waals surface area contributed by atoms with E-state index in [0.717, 1.165) is 44.6 Å². The van der Waals surface area contributed by atoms with Gasteiger partial charge < -0.3 is 15.0 Å². The van der Waals surface area contributed by atoms with Crippen LogP contribution in [-0.4, -0.2) is 37.6 Å². The number of benzene rings is 1. The molecule has 2 saturated heterocycles. The molecule has 2 heterocycles. The van der Waals surface area contributed by atoms with Gasteiger partial charge in [-0.25, -0.2) is 0 Å². The first-order chi connectivity index (χ1) is 11.8. The van der Waals surface area contributed by atoms with Crippen LogP contribution in [0.3, 0.4) is 0 Å². The van der Waals surface area contributed by atoms with Crippen LogP contribution in [0.5, 0.6) is 5.75 Å². The summed E-state index contributed by atoms with van der Waals surface area (Å²) in [6.45, 7) is 3.09. The highest BCUT2D eigenvalue weighted by molar-refractivity contribution is 5.76. The van der Waals surface area contributed by atoms with Crippen molar-refractivity contribution in [3.05, 3.63) is 29.8 Å². The summed E-state index contributed by atoms with van der Waals surface area (Å²) in [7, 11) is 1.69. The highest BCUT2D eigenvalue weighted by atomic mass is 16.5. The lowest BCUT2D eigenvalue weighted by molar-refractivity contribution is -0.134. The average Bonchev–Trinajstić information content (AvgIpc) is 3.02. The number of nitrogens with one attached hydrogen (secondary N) is 1. The van der Waals surface area contributed by atoms with Gasteiger partial charge in [-0.1, -0.05) is 25.0 Å². The summed E-state index contributed by atoms with van der Waals surface area (Å²) in [6.07, 6.45) is 7.56. The third-order valence-corrected chi connectivity index (χ3v) is 5.50. The van der Waals surface area contributed by atoms with E-state index in [1.54, 1.807) is 7.11 Å². The summed E-state index contributed by atoms with van der Waals surface area (Å²) < 4.78 is 5.26. The highest BCUT2D eigenvalue weighted by Crippen LogP contribution is 2.32. The number of methoxy groups -OCH3 is 1. The lowest BCUT2D eigenvalue weighted by Crippen LogP contribution is -2.35. The van der Waals surface area contributed by atoms with Gasteiger partial charge in [0.1, 0.15) is 5.75 Å². The third-order valence-electron chi connectivity index (χ3n) is 5.50. The highest BCUT2D eigenvalue weighted by Gasteiger charge is 2.27. The number of carbonyl (C=O) groups is 1. The van der Waals surface area contributed by atoms with Gasteiger partial charge in [-0.2, -0.15) is 0 Å². The predicted molar refractivity (Wildman–Crippen MR) is 96.1 cm³/mol. The van der Waals surface area contributed by atoms with Crippen molar-refractivity contribution in [2.24, 2.45) is 5.92 Å². The normalized spacial score (nSPS) is 24.6. The number of carbonyl (C=O) groups excluding carboxylic acids is 1. The summed E-state index contributed by atoms with van der Waals surface area (Å²) in [6, 6.07) is 8.49. The molecule has 4 nitrogen and oxygen atoms in total. The molecule has 0 bridgehead atoms. The maximum absolute atomic E-state index is 12.9. The topological polar surface area (TPSA) is 41.6 Å². The molecule has 1 aromatic carbocycles. The van der Waals surface area contributed by atoms with Gasteiger partial charge >= 0.3 is 0 Å². The molecule has 4 heteroatoms. The minimum Gasteiger partial charge on any atom is -0.497 e. The van der Waals surface area contributed by atoms with Gasteiger partial charge in [-0.05, 0) is 62.4 Å². The van der Waals surface area contributed by atoms with Crippen LogP contribution in [0.1, 0.15) is 56.6 Å². The molecule has 1 amide bonds. The first-order valence-electron chi connectivity index (χ1n) is 9.42. The van der Waals surface area contributed by atoms with E-state index in [-0.39, 0.29) is 6.04 Å². The molecule has 0 spiro atoms. The molecule has 2 atom stereocenters. The van der Waals surface area contributed by atoms with Crippen LogP contribution in [0, 0.1) is 5.92 Å². The minimum absolute atomic E-state index is 0.229. The molecule has 0 aromatic heterocycles. The summed E-state index contributed by atoms with van der Waals surface area (Å²) in [5, 5.41) is 3.39. The smallest absolute Gasteiger partial charge is 0.223 e. The zero-order valence-electron chi connectivity index (χ0n) is 14.8. The molecule has 1 N–H and O–H groups in total. The van der Waals surface area contributed by atoms with Crippen LogP contribution >= 0.6 is 0 Å². The molecule has 2 aliphatic heterocycles. The molecule has 0 saturated carbocycles. The second-order valence-corrected chi connectivity index (χ2v) is 7.12. The Morgan fingerprint density at radius 1 is 1.21 bits per heavy atom. The summed E-state index contributed by atoms with van der Waals surface area (Å²) >= 11 is 0. The maximum atomic E-state index is 12.9. The molecular formula is C20H30N2O2. The molecule has 2 unspecified atom stereocenters. The number of nitrogens with zero attached hydrogens (tertiary/aromatic N) is 1. The number of rotatable bonds is 5. The van der Waals surface area contributed by atoms with Crippen molar-refractivity contribution in [1.82, 2.24) is 10.2 Å². The summed E-state index contributed by atoms with van der Waals surface area (Å²) in [5.41, 5.74) is 1.24. The number of amides is 1. The van der Waals surface area contributed by atoms with Crippen LogP contribution in [-0.2, 0) is 4.79 Å². The summed E-state index contributed by atoms with van der Waals surface area (Å²) in [5.74, 6) is 1.89. The zero-order chi connectivity index (χ0) is 16.8. The maximum Gasteiger partial charge on any atom is 0.223 e.